The van der Waals surface area contributed by atoms with Gasteiger partial charge in [0.15, 0.2) is 0 Å². The molecule has 0 saturated carbocycles. The Bertz CT molecular complexity index is 1340. The van der Waals surface area contributed by atoms with Crippen LogP contribution in [0.1, 0.15) is 54.3 Å². The first-order valence-electron chi connectivity index (χ1n) is 16.0. The second-order valence-corrected chi connectivity index (χ2v) is 7.59. The molecule has 1 heterocycles. The standard InChI is InChI=1S/C25H34FN3O2/c1-19(2)18-31-24-10-6-20(7-11-24)16-27-25(30)29(23-12-14-28(3)15-13-23)17-21-4-8-22(26)9-5-21/h4-11,19,23H,12-18H2,1-3H3,(H,27,30)/i4D,5D,6D,7D,8D,9D,10D,11D,16D2,18D2. The van der Waals surface area contributed by atoms with Crippen LogP contribution in [0.3, 0.4) is 0 Å². The maximum absolute atomic E-state index is 14.2. The highest BCUT2D eigenvalue weighted by atomic mass is 19.1. The van der Waals surface area contributed by atoms with Gasteiger partial charge < -0.3 is 19.9 Å². The Morgan fingerprint density at radius 3 is 2.42 bits per heavy atom. The van der Waals surface area contributed by atoms with Crippen LogP contribution in [-0.2, 0) is 13.0 Å². The molecule has 0 radical (unpaired) electrons. The molecule has 0 unspecified atom stereocenters. The third kappa shape index (κ3) is 7.24. The number of benzene rings is 2. The summed E-state index contributed by atoms with van der Waals surface area (Å²) in [7, 11) is 1.87. The number of likely N-dealkylation sites (tertiary alicyclic amines) is 1. The number of ether oxygens (including phenoxy) is 1. The zero-order valence-electron chi connectivity index (χ0n) is 29.8. The number of hydrogen-bond acceptors (Lipinski definition) is 3. The lowest BCUT2D eigenvalue weighted by atomic mass is 10.0. The minimum Gasteiger partial charge on any atom is -0.493 e. The van der Waals surface area contributed by atoms with Crippen molar-refractivity contribution in [3.63, 3.8) is 0 Å². The third-order valence-corrected chi connectivity index (χ3v) is 4.66. The van der Waals surface area contributed by atoms with Crippen molar-refractivity contribution in [2.45, 2.75) is 45.8 Å². The molecule has 2 aromatic rings. The van der Waals surface area contributed by atoms with E-state index in [1.807, 2.05) is 11.9 Å². The van der Waals surface area contributed by atoms with Crippen molar-refractivity contribution >= 4 is 6.03 Å². The summed E-state index contributed by atoms with van der Waals surface area (Å²) in [6, 6.07) is -8.35. The number of halogens is 1. The van der Waals surface area contributed by atoms with Crippen LogP contribution in [0.4, 0.5) is 9.18 Å². The highest BCUT2D eigenvalue weighted by Crippen LogP contribution is 2.19. The van der Waals surface area contributed by atoms with Gasteiger partial charge >= 0.3 is 6.03 Å². The zero-order chi connectivity index (χ0) is 32.8. The number of piperidine rings is 1. The summed E-state index contributed by atoms with van der Waals surface area (Å²) in [6.45, 7) is -1.83. The summed E-state index contributed by atoms with van der Waals surface area (Å²) >= 11 is 0. The van der Waals surface area contributed by atoms with Crippen LogP contribution in [0.15, 0.2) is 48.3 Å². The van der Waals surface area contributed by atoms with Gasteiger partial charge in [0.05, 0.1) is 23.0 Å². The quantitative estimate of drug-likeness (QED) is 0.650. The average molecular weight is 440 g/mol. The van der Waals surface area contributed by atoms with E-state index in [0.29, 0.717) is 25.9 Å². The van der Waals surface area contributed by atoms with Crippen molar-refractivity contribution in [2.75, 3.05) is 26.7 Å². The average Bonchev–Trinajstić information content (AvgIpc) is 2.92. The number of hydrogen-bond donors (Lipinski definition) is 1. The molecule has 1 fully saturated rings. The second-order valence-electron chi connectivity index (χ2n) is 7.59. The van der Waals surface area contributed by atoms with E-state index >= 15 is 0 Å². The van der Waals surface area contributed by atoms with Crippen molar-refractivity contribution in [3.8, 4) is 5.75 Å². The lowest BCUT2D eigenvalue weighted by Gasteiger charge is -2.37. The molecule has 1 N–H and O–H groups in total. The molecular formula is C25H34FN3O2. The Morgan fingerprint density at radius 2 is 1.81 bits per heavy atom. The molecule has 2 amide bonds. The minimum atomic E-state index is -3.01. The first-order valence-corrected chi connectivity index (χ1v) is 10.0. The van der Waals surface area contributed by atoms with Crippen LogP contribution in [-0.4, -0.2) is 48.6 Å². The monoisotopic (exact) mass is 439 g/mol. The summed E-state index contributed by atoms with van der Waals surface area (Å²) < 4.78 is 118. The van der Waals surface area contributed by atoms with Gasteiger partial charge in [-0.2, -0.15) is 0 Å². The number of nitrogens with one attached hydrogen (secondary N) is 1. The van der Waals surface area contributed by atoms with Crippen molar-refractivity contribution < 1.29 is 30.4 Å². The van der Waals surface area contributed by atoms with Gasteiger partial charge in [-0.1, -0.05) is 38.0 Å². The van der Waals surface area contributed by atoms with Gasteiger partial charge in [0, 0.05) is 19.1 Å². The molecule has 1 aliphatic rings. The third-order valence-electron chi connectivity index (χ3n) is 4.66. The molecule has 0 aromatic heterocycles. The van der Waals surface area contributed by atoms with E-state index in [0.717, 1.165) is 4.90 Å². The number of amides is 2. The van der Waals surface area contributed by atoms with Crippen LogP contribution in [0, 0.1) is 11.7 Å². The van der Waals surface area contributed by atoms with Gasteiger partial charge in [-0.05, 0) is 74.2 Å². The van der Waals surface area contributed by atoms with Crippen LogP contribution in [0.2, 0.25) is 0 Å². The number of rotatable bonds is 8. The molecule has 0 aliphatic carbocycles. The lowest BCUT2D eigenvalue weighted by molar-refractivity contribution is 0.127. The number of urea groups is 1. The predicted octanol–water partition coefficient (Wildman–Crippen LogP) is 4.67. The predicted molar refractivity (Wildman–Crippen MR) is 121 cm³/mol. The molecule has 31 heavy (non-hydrogen) atoms. The van der Waals surface area contributed by atoms with Gasteiger partial charge in [0.1, 0.15) is 11.6 Å². The van der Waals surface area contributed by atoms with Crippen molar-refractivity contribution in [2.24, 2.45) is 5.92 Å². The molecule has 0 atom stereocenters. The van der Waals surface area contributed by atoms with Gasteiger partial charge in [-0.3, -0.25) is 0 Å². The summed E-state index contributed by atoms with van der Waals surface area (Å²) in [5.74, 6) is -2.78. The fourth-order valence-corrected chi connectivity index (χ4v) is 3.03. The summed E-state index contributed by atoms with van der Waals surface area (Å²) in [4.78, 5) is 16.8. The molecular weight excluding hydrogens is 393 g/mol. The molecule has 2 aromatic carbocycles. The summed E-state index contributed by atoms with van der Waals surface area (Å²) in [5, 5.41) is 2.10. The Morgan fingerprint density at radius 1 is 1.19 bits per heavy atom. The van der Waals surface area contributed by atoms with E-state index in [2.05, 4.69) is 5.32 Å². The second kappa shape index (κ2) is 11.1. The largest absolute Gasteiger partial charge is 0.493 e. The number of carbonyl (C=O) groups is 1. The maximum atomic E-state index is 14.2. The van der Waals surface area contributed by atoms with Crippen LogP contribution < -0.4 is 10.1 Å². The van der Waals surface area contributed by atoms with Crippen molar-refractivity contribution in [1.29, 1.82) is 0 Å². The Hall–Kier alpha value is -2.60. The van der Waals surface area contributed by atoms with Crippen LogP contribution in [0.25, 0.3) is 0 Å². The minimum absolute atomic E-state index is 0.281. The van der Waals surface area contributed by atoms with E-state index in [4.69, 9.17) is 21.2 Å². The van der Waals surface area contributed by atoms with Gasteiger partial charge in [0.25, 0.3) is 0 Å². The number of nitrogens with zero attached hydrogens (tertiary/aromatic N) is 2. The van der Waals surface area contributed by atoms with E-state index < -0.39 is 103 Å². The molecule has 0 spiro atoms. The van der Waals surface area contributed by atoms with Gasteiger partial charge in [0.2, 0.25) is 0 Å². The van der Waals surface area contributed by atoms with Crippen molar-refractivity contribution in [1.82, 2.24) is 15.1 Å². The van der Waals surface area contributed by atoms with Gasteiger partial charge in [-0.15, -0.1) is 0 Å². The fourth-order valence-electron chi connectivity index (χ4n) is 3.03. The van der Waals surface area contributed by atoms with Crippen LogP contribution in [0.5, 0.6) is 5.75 Å². The first kappa shape index (κ1) is 11.9. The first-order chi connectivity index (χ1) is 19.7. The Balaban J connectivity index is 2.04. The Labute approximate surface area is 202 Å². The smallest absolute Gasteiger partial charge is 0.318 e. The molecule has 6 heteroatoms. The highest BCUT2D eigenvalue weighted by molar-refractivity contribution is 5.74. The Kier molecular flexibility index (Phi) is 4.26. The fraction of sp³-hybridized carbons (Fsp3) is 0.480. The molecule has 3 rings (SSSR count). The van der Waals surface area contributed by atoms with E-state index in [-0.39, 0.29) is 5.56 Å². The SMILES string of the molecule is [2H]c1c([2H])c(CN(C(=O)NC([2H])([2H])c2c([2H])c([2H])c(OC([2H])([2H])C(C)C)c([2H])c2[2H])C2CCN(C)CC2)c([2H])c([2H])c1F. The van der Waals surface area contributed by atoms with E-state index in [9.17, 15) is 9.18 Å². The zero-order valence-corrected chi connectivity index (χ0v) is 17.8. The maximum Gasteiger partial charge on any atom is 0.318 e. The number of carbonyl (C=O) groups excluding carboxylic acids is 1. The van der Waals surface area contributed by atoms with Crippen molar-refractivity contribution in [3.05, 3.63) is 65.3 Å². The normalized spacial score (nSPS) is 21.6. The topological polar surface area (TPSA) is 44.8 Å². The summed E-state index contributed by atoms with van der Waals surface area (Å²) in [6.07, 6.45) is 0.808. The summed E-state index contributed by atoms with van der Waals surface area (Å²) in [5.41, 5.74) is -1.11. The molecule has 1 saturated heterocycles. The molecule has 1 aliphatic heterocycles. The molecule has 5 nitrogen and oxygen atoms in total. The molecule has 0 bridgehead atoms. The molecule has 168 valence electrons. The lowest BCUT2D eigenvalue weighted by Crippen LogP contribution is -2.49. The van der Waals surface area contributed by atoms with E-state index in [1.165, 1.54) is 13.8 Å². The van der Waals surface area contributed by atoms with Crippen LogP contribution >= 0.6 is 0 Å². The van der Waals surface area contributed by atoms with Gasteiger partial charge in [-0.25, -0.2) is 9.18 Å². The highest BCUT2D eigenvalue weighted by Gasteiger charge is 2.27. The van der Waals surface area contributed by atoms with E-state index in [1.54, 1.807) is 0 Å².